The minimum Gasteiger partial charge on any atom is -0.328 e. The Labute approximate surface area is 143 Å². The summed E-state index contributed by atoms with van der Waals surface area (Å²) in [6.45, 7) is 0. The average molecular weight is 322 g/mol. The quantitative estimate of drug-likeness (QED) is 0.741. The van der Waals surface area contributed by atoms with E-state index in [1.165, 1.54) is 83.5 Å². The van der Waals surface area contributed by atoms with Gasteiger partial charge in [0.2, 0.25) is 0 Å². The van der Waals surface area contributed by atoms with Crippen LogP contribution >= 0.6 is 0 Å². The molecule has 3 fully saturated rings. The van der Waals surface area contributed by atoms with Crippen molar-refractivity contribution in [1.82, 2.24) is 0 Å². The molecule has 0 bridgehead atoms. The fourth-order valence-electron chi connectivity index (χ4n) is 5.62. The molecule has 0 aromatic rings. The van der Waals surface area contributed by atoms with Gasteiger partial charge in [-0.3, -0.25) is 0 Å². The summed E-state index contributed by atoms with van der Waals surface area (Å²) in [6, 6.07) is 1.41. The fourth-order valence-corrected chi connectivity index (χ4v) is 5.62. The average Bonchev–Trinajstić information content (AvgIpc) is 2.55. The second kappa shape index (κ2) is 8.31. The molecule has 6 N–H and O–H groups in total. The molecule has 0 amide bonds. The highest BCUT2D eigenvalue weighted by Crippen LogP contribution is 2.40. The lowest BCUT2D eigenvalue weighted by atomic mass is 9.69. The molecule has 23 heavy (non-hydrogen) atoms. The largest absolute Gasteiger partial charge is 0.328 e. The van der Waals surface area contributed by atoms with Crippen molar-refractivity contribution in [2.75, 3.05) is 0 Å². The van der Waals surface area contributed by atoms with Gasteiger partial charge >= 0.3 is 0 Å². The first kappa shape index (κ1) is 17.7. The van der Waals surface area contributed by atoms with E-state index in [9.17, 15) is 0 Å². The Hall–Kier alpha value is -0.120. The lowest BCUT2D eigenvalue weighted by Gasteiger charge is -2.39. The zero-order valence-corrected chi connectivity index (χ0v) is 15.0. The third-order valence-electron chi connectivity index (χ3n) is 7.24. The van der Waals surface area contributed by atoms with Crippen molar-refractivity contribution in [1.29, 1.82) is 0 Å². The lowest BCUT2D eigenvalue weighted by Crippen LogP contribution is -2.39. The topological polar surface area (TPSA) is 78.1 Å². The normalized spacial score (nSPS) is 45.8. The molecule has 3 aliphatic carbocycles. The monoisotopic (exact) mass is 321 g/mol. The summed E-state index contributed by atoms with van der Waals surface area (Å²) in [6.07, 6.45) is 17.2. The van der Waals surface area contributed by atoms with Gasteiger partial charge < -0.3 is 17.2 Å². The molecular weight excluding hydrogens is 282 g/mol. The van der Waals surface area contributed by atoms with Crippen LogP contribution in [0.1, 0.15) is 83.5 Å². The van der Waals surface area contributed by atoms with Crippen molar-refractivity contribution in [2.45, 2.75) is 102 Å². The second-order valence-electron chi connectivity index (χ2n) is 9.14. The van der Waals surface area contributed by atoms with Crippen molar-refractivity contribution < 1.29 is 0 Å². The number of rotatable bonds is 4. The Morgan fingerprint density at radius 3 is 1.57 bits per heavy atom. The first-order valence-electron chi connectivity index (χ1n) is 10.4. The lowest BCUT2D eigenvalue weighted by molar-refractivity contribution is 0.150. The van der Waals surface area contributed by atoms with Crippen LogP contribution in [0.2, 0.25) is 0 Å². The zero-order chi connectivity index (χ0) is 16.2. The van der Waals surface area contributed by atoms with Crippen molar-refractivity contribution in [3.8, 4) is 0 Å². The van der Waals surface area contributed by atoms with Gasteiger partial charge in [0.05, 0.1) is 0 Å². The van der Waals surface area contributed by atoms with Gasteiger partial charge in [-0.05, 0) is 107 Å². The summed E-state index contributed by atoms with van der Waals surface area (Å²) < 4.78 is 0. The molecule has 0 spiro atoms. The first-order chi connectivity index (χ1) is 11.1. The maximum absolute atomic E-state index is 6.50. The van der Waals surface area contributed by atoms with Crippen LogP contribution in [0.3, 0.4) is 0 Å². The molecule has 3 aliphatic rings. The molecule has 0 aromatic carbocycles. The molecule has 3 rings (SSSR count). The highest BCUT2D eigenvalue weighted by atomic mass is 14.7. The van der Waals surface area contributed by atoms with Crippen molar-refractivity contribution in [3.63, 3.8) is 0 Å². The van der Waals surface area contributed by atoms with Crippen LogP contribution in [-0.2, 0) is 0 Å². The number of hydrogen-bond donors (Lipinski definition) is 3. The van der Waals surface area contributed by atoms with Crippen LogP contribution in [0.15, 0.2) is 0 Å². The fraction of sp³-hybridized carbons (Fsp3) is 1.00. The summed E-state index contributed by atoms with van der Waals surface area (Å²) in [4.78, 5) is 0. The van der Waals surface area contributed by atoms with E-state index < -0.39 is 0 Å². The van der Waals surface area contributed by atoms with E-state index >= 15 is 0 Å². The van der Waals surface area contributed by atoms with E-state index in [2.05, 4.69) is 0 Å². The van der Waals surface area contributed by atoms with Gasteiger partial charge in [-0.1, -0.05) is 0 Å². The minimum atomic E-state index is 0.460. The molecule has 0 radical (unpaired) electrons. The van der Waals surface area contributed by atoms with Crippen LogP contribution in [0.25, 0.3) is 0 Å². The smallest absolute Gasteiger partial charge is 0.00674 e. The van der Waals surface area contributed by atoms with Crippen LogP contribution in [0.5, 0.6) is 0 Å². The molecule has 0 aliphatic heterocycles. The summed E-state index contributed by atoms with van der Waals surface area (Å²) in [5.41, 5.74) is 18.6. The SMILES string of the molecule is NC1CCC(CC2CCC(N)C(CC3CCC(N)CC3)C2)CC1. The van der Waals surface area contributed by atoms with Gasteiger partial charge in [0.25, 0.3) is 0 Å². The van der Waals surface area contributed by atoms with Gasteiger partial charge in [-0.2, -0.15) is 0 Å². The maximum Gasteiger partial charge on any atom is 0.00674 e. The summed E-state index contributed by atoms with van der Waals surface area (Å²) in [5.74, 6) is 3.56. The molecule has 3 heteroatoms. The molecule has 134 valence electrons. The third-order valence-corrected chi connectivity index (χ3v) is 7.24. The molecule has 0 aromatic heterocycles. The van der Waals surface area contributed by atoms with Crippen LogP contribution in [0, 0.1) is 23.7 Å². The van der Waals surface area contributed by atoms with Crippen LogP contribution in [-0.4, -0.2) is 18.1 Å². The van der Waals surface area contributed by atoms with Crippen molar-refractivity contribution >= 4 is 0 Å². The van der Waals surface area contributed by atoms with Gasteiger partial charge in [0, 0.05) is 18.1 Å². The minimum absolute atomic E-state index is 0.460. The van der Waals surface area contributed by atoms with Gasteiger partial charge in [0.1, 0.15) is 0 Å². The third kappa shape index (κ3) is 5.17. The van der Waals surface area contributed by atoms with Crippen molar-refractivity contribution in [2.24, 2.45) is 40.9 Å². The highest BCUT2D eigenvalue weighted by molar-refractivity contribution is 4.87. The van der Waals surface area contributed by atoms with Crippen LogP contribution < -0.4 is 17.2 Å². The first-order valence-corrected chi connectivity index (χ1v) is 10.4. The summed E-state index contributed by atoms with van der Waals surface area (Å²) in [5, 5.41) is 0. The highest BCUT2D eigenvalue weighted by Gasteiger charge is 2.32. The zero-order valence-electron chi connectivity index (χ0n) is 15.0. The predicted octanol–water partition coefficient (Wildman–Crippen LogP) is 3.55. The molecule has 3 atom stereocenters. The van der Waals surface area contributed by atoms with Gasteiger partial charge in [-0.15, -0.1) is 0 Å². The van der Waals surface area contributed by atoms with E-state index in [4.69, 9.17) is 17.2 Å². The standard InChI is InChI=1S/C20H39N3/c21-18-6-1-14(2-7-18)11-16-5-10-20(23)17(13-16)12-15-3-8-19(22)9-4-15/h14-20H,1-13,21-23H2. The Kier molecular flexibility index (Phi) is 6.39. The van der Waals surface area contributed by atoms with E-state index in [1.54, 1.807) is 0 Å². The Morgan fingerprint density at radius 1 is 0.522 bits per heavy atom. The van der Waals surface area contributed by atoms with E-state index in [-0.39, 0.29) is 0 Å². The number of nitrogens with two attached hydrogens (primary N) is 3. The Balaban J connectivity index is 1.44. The van der Waals surface area contributed by atoms with Crippen LogP contribution in [0.4, 0.5) is 0 Å². The molecule has 3 saturated carbocycles. The van der Waals surface area contributed by atoms with E-state index in [1.807, 2.05) is 0 Å². The summed E-state index contributed by atoms with van der Waals surface area (Å²) >= 11 is 0. The van der Waals surface area contributed by atoms with E-state index in [0.717, 1.165) is 23.7 Å². The van der Waals surface area contributed by atoms with Gasteiger partial charge in [0.15, 0.2) is 0 Å². The predicted molar refractivity (Wildman–Crippen MR) is 97.9 cm³/mol. The molecular formula is C20H39N3. The summed E-state index contributed by atoms with van der Waals surface area (Å²) in [7, 11) is 0. The molecule has 0 heterocycles. The van der Waals surface area contributed by atoms with E-state index in [0.29, 0.717) is 18.1 Å². The molecule has 3 nitrogen and oxygen atoms in total. The van der Waals surface area contributed by atoms with Crippen molar-refractivity contribution in [3.05, 3.63) is 0 Å². The second-order valence-corrected chi connectivity index (χ2v) is 9.14. The molecule has 3 unspecified atom stereocenters. The Morgan fingerprint density at radius 2 is 1.00 bits per heavy atom. The van der Waals surface area contributed by atoms with Gasteiger partial charge in [-0.25, -0.2) is 0 Å². The maximum atomic E-state index is 6.50. The Bertz CT molecular complexity index is 343. The molecule has 0 saturated heterocycles. The number of hydrogen-bond acceptors (Lipinski definition) is 3.